The third-order valence-corrected chi connectivity index (χ3v) is 8.82. The molecule has 222 valence electrons. The molecule has 0 N–H and O–H groups in total. The fourth-order valence-corrected chi connectivity index (χ4v) is 5.63. The number of carbonyl (C=O) groups is 2. The summed E-state index contributed by atoms with van der Waals surface area (Å²) in [5.74, 6) is 0.406. The summed E-state index contributed by atoms with van der Waals surface area (Å²) in [6, 6.07) is 8.96. The first-order valence-electron chi connectivity index (χ1n) is 14.0. The number of carbonyl (C=O) groups excluding carboxylic acids is 2. The molecule has 2 unspecified atom stereocenters. The summed E-state index contributed by atoms with van der Waals surface area (Å²) in [7, 11) is 4.10. The van der Waals surface area contributed by atoms with Gasteiger partial charge < -0.3 is 4.90 Å². The van der Waals surface area contributed by atoms with Gasteiger partial charge in [0.25, 0.3) is 5.91 Å². The Kier molecular flexibility index (Phi) is 8.23. The molecule has 12 nitrogen and oxygen atoms in total. The molecule has 0 aliphatic carbocycles. The number of nitrogens with zero attached hydrogens (tertiary/aromatic N) is 10. The number of amides is 2. The minimum Gasteiger partial charge on any atom is -0.307 e. The predicted octanol–water partition coefficient (Wildman–Crippen LogP) is 3.50. The number of hydrogen-bond donors (Lipinski definition) is 0. The van der Waals surface area contributed by atoms with Crippen LogP contribution in [0.1, 0.15) is 65.4 Å². The van der Waals surface area contributed by atoms with Crippen LogP contribution >= 0.6 is 9.24 Å². The van der Waals surface area contributed by atoms with E-state index >= 15 is 0 Å². The Morgan fingerprint density at radius 3 is 2.48 bits per heavy atom. The van der Waals surface area contributed by atoms with E-state index in [0.717, 1.165) is 5.56 Å². The zero-order chi connectivity index (χ0) is 31.9. The molecule has 0 bridgehead atoms. The molecule has 2 amide bonds. The molecule has 0 radical (unpaired) electrons. The quantitative estimate of drug-likeness (QED) is 0.300. The van der Waals surface area contributed by atoms with Crippen molar-refractivity contribution in [2.45, 2.75) is 40.7 Å². The summed E-state index contributed by atoms with van der Waals surface area (Å²) in [6.45, 7) is 10.1. The van der Waals surface area contributed by atoms with Crippen molar-refractivity contribution < 1.29 is 9.59 Å². The number of anilines is 2. The number of nitriles is 2. The van der Waals surface area contributed by atoms with Crippen LogP contribution in [0.5, 0.6) is 0 Å². The molecule has 0 saturated carbocycles. The zero-order valence-corrected chi connectivity index (χ0v) is 26.4. The van der Waals surface area contributed by atoms with Crippen molar-refractivity contribution in [3.05, 3.63) is 70.6 Å². The molecule has 1 aliphatic heterocycles. The molecule has 0 spiro atoms. The van der Waals surface area contributed by atoms with Crippen molar-refractivity contribution in [3.63, 3.8) is 0 Å². The van der Waals surface area contributed by atoms with Crippen LogP contribution in [0.2, 0.25) is 0 Å². The zero-order valence-electron chi connectivity index (χ0n) is 25.3. The average Bonchev–Trinajstić information content (AvgIpc) is 3.61. The van der Waals surface area contributed by atoms with Crippen LogP contribution in [0.15, 0.2) is 36.8 Å². The highest BCUT2D eigenvalue weighted by molar-refractivity contribution is 7.28. The maximum Gasteiger partial charge on any atom is 0.278 e. The smallest absolute Gasteiger partial charge is 0.278 e. The topological polar surface area (TPSA) is 158 Å². The summed E-state index contributed by atoms with van der Waals surface area (Å²) in [5, 5.41) is 33.0. The summed E-state index contributed by atoms with van der Waals surface area (Å²) >= 11 is 0. The van der Waals surface area contributed by atoms with Gasteiger partial charge >= 0.3 is 0 Å². The van der Waals surface area contributed by atoms with Crippen LogP contribution in [-0.2, 0) is 4.79 Å². The lowest BCUT2D eigenvalue weighted by atomic mass is 10.0. The summed E-state index contributed by atoms with van der Waals surface area (Å²) in [5.41, 5.74) is 4.00. The van der Waals surface area contributed by atoms with E-state index < -0.39 is 5.91 Å². The Morgan fingerprint density at radius 1 is 1.14 bits per heavy atom. The molecule has 4 heterocycles. The van der Waals surface area contributed by atoms with E-state index in [1.165, 1.54) is 11.1 Å². The first kappa shape index (κ1) is 30.4. The highest BCUT2D eigenvalue weighted by Crippen LogP contribution is 2.31. The van der Waals surface area contributed by atoms with E-state index in [0.29, 0.717) is 57.1 Å². The maximum absolute atomic E-state index is 13.7. The summed E-state index contributed by atoms with van der Waals surface area (Å²) in [6.07, 6.45) is 4.80. The lowest BCUT2D eigenvalue weighted by Crippen LogP contribution is -2.28. The maximum atomic E-state index is 13.7. The van der Waals surface area contributed by atoms with E-state index in [2.05, 4.69) is 53.6 Å². The average molecular weight is 607 g/mol. The largest absolute Gasteiger partial charge is 0.307 e. The minimum absolute atomic E-state index is 0.0536. The number of benzene rings is 1. The highest BCUT2D eigenvalue weighted by Gasteiger charge is 2.37. The highest BCUT2D eigenvalue weighted by atomic mass is 31.0. The van der Waals surface area contributed by atoms with Gasteiger partial charge in [-0.3, -0.25) is 24.2 Å². The lowest BCUT2D eigenvalue weighted by Gasteiger charge is -2.19. The molecule has 3 aromatic heterocycles. The van der Waals surface area contributed by atoms with Gasteiger partial charge in [-0.05, 0) is 55.8 Å². The van der Waals surface area contributed by atoms with E-state index in [-0.39, 0.29) is 29.5 Å². The Bertz CT molecular complexity index is 1890. The van der Waals surface area contributed by atoms with Gasteiger partial charge in [-0.15, -0.1) is 14.3 Å². The van der Waals surface area contributed by atoms with Crippen molar-refractivity contribution in [2.75, 3.05) is 23.4 Å². The van der Waals surface area contributed by atoms with Crippen LogP contribution in [0, 0.1) is 48.3 Å². The molecule has 4 aromatic rings. The third-order valence-electron chi connectivity index (χ3n) is 8.22. The second-order valence-electron chi connectivity index (χ2n) is 11.1. The summed E-state index contributed by atoms with van der Waals surface area (Å²) < 4.78 is 1.69. The second-order valence-corrected chi connectivity index (χ2v) is 11.6. The third kappa shape index (κ3) is 5.29. The van der Waals surface area contributed by atoms with Gasteiger partial charge in [-0.2, -0.15) is 20.7 Å². The molecule has 44 heavy (non-hydrogen) atoms. The Morgan fingerprint density at radius 2 is 1.84 bits per heavy atom. The monoisotopic (exact) mass is 606 g/mol. The molecule has 1 aliphatic rings. The van der Waals surface area contributed by atoms with Crippen LogP contribution in [0.25, 0.3) is 11.3 Å². The fourth-order valence-electron chi connectivity index (χ4n) is 5.17. The number of aromatic nitrogens is 6. The number of aryl methyl sites for hydroxylation is 2. The van der Waals surface area contributed by atoms with Crippen LogP contribution in [0.4, 0.5) is 11.5 Å². The number of hydrogen-bond acceptors (Lipinski definition) is 9. The lowest BCUT2D eigenvalue weighted by molar-refractivity contribution is -0.120. The predicted molar refractivity (Wildman–Crippen MR) is 167 cm³/mol. The molecule has 1 fully saturated rings. The first-order valence-corrected chi connectivity index (χ1v) is 14.6. The van der Waals surface area contributed by atoms with E-state index in [1.807, 2.05) is 26.8 Å². The minimum atomic E-state index is -0.414. The fraction of sp³-hybridized carbons (Fsp3) is 0.323. The van der Waals surface area contributed by atoms with Gasteiger partial charge in [0.2, 0.25) is 5.91 Å². The van der Waals surface area contributed by atoms with Crippen molar-refractivity contribution in [1.29, 1.82) is 10.5 Å². The Balaban J connectivity index is 1.39. The van der Waals surface area contributed by atoms with Gasteiger partial charge in [0.1, 0.15) is 0 Å². The van der Waals surface area contributed by atoms with Gasteiger partial charge in [0, 0.05) is 31.3 Å². The number of rotatable bonds is 6. The SMILES string of the molecule is Cc1cc(C(C)n2cc(N(C)C(=O)c3nc(-c4c(C#N)ccc(C#N)c4P)cnc3C)cn2)nnc1N1C[C@@H](C)[C@@H](C)C1=O. The van der Waals surface area contributed by atoms with Crippen molar-refractivity contribution in [3.8, 4) is 23.4 Å². The van der Waals surface area contributed by atoms with E-state index in [9.17, 15) is 20.1 Å². The molecule has 1 saturated heterocycles. The Hall–Kier alpha value is -5.06. The molecule has 13 heteroatoms. The van der Waals surface area contributed by atoms with E-state index in [1.54, 1.807) is 48.1 Å². The van der Waals surface area contributed by atoms with Gasteiger partial charge in [-0.25, -0.2) is 4.98 Å². The van der Waals surface area contributed by atoms with Crippen molar-refractivity contribution >= 4 is 37.9 Å². The van der Waals surface area contributed by atoms with Crippen LogP contribution in [0.3, 0.4) is 0 Å². The van der Waals surface area contributed by atoms with Crippen molar-refractivity contribution in [2.24, 2.45) is 11.8 Å². The molecular formula is C31H31N10O2P. The van der Waals surface area contributed by atoms with Crippen LogP contribution < -0.4 is 15.1 Å². The first-order chi connectivity index (χ1) is 21.0. The second kappa shape index (κ2) is 11.9. The van der Waals surface area contributed by atoms with Crippen molar-refractivity contribution in [1.82, 2.24) is 29.9 Å². The van der Waals surface area contributed by atoms with Gasteiger partial charge in [0.05, 0.1) is 64.5 Å². The normalized spacial score (nSPS) is 16.8. The molecule has 1 aromatic carbocycles. The van der Waals surface area contributed by atoms with Gasteiger partial charge in [-0.1, -0.05) is 13.8 Å². The van der Waals surface area contributed by atoms with E-state index in [4.69, 9.17) is 0 Å². The molecule has 5 rings (SSSR count). The molecule has 4 atom stereocenters. The van der Waals surface area contributed by atoms with Gasteiger partial charge in [0.15, 0.2) is 11.5 Å². The standard InChI is InChI=1S/C31H31N10O2P/c1-16-9-24(37-38-29(16)40-14-17(2)18(3)30(40)42)20(5)41-15-23(12-35-41)39(6)31(43)27-19(4)34-13-25(36-27)26-21(10-32)7-8-22(11-33)28(26)44/h7-9,12-13,15,17-18,20H,14,44H2,1-6H3/t17-,18-,20?/m1/s1. The Labute approximate surface area is 257 Å². The summed E-state index contributed by atoms with van der Waals surface area (Å²) in [4.78, 5) is 38.4. The van der Waals surface area contributed by atoms with Crippen LogP contribution in [-0.4, -0.2) is 55.4 Å². The molecular weight excluding hydrogens is 575 g/mol.